The Kier molecular flexibility index (Phi) is 3.20. The van der Waals surface area contributed by atoms with Crippen LogP contribution in [0, 0.1) is 0 Å². The highest BCUT2D eigenvalue weighted by Gasteiger charge is 2.36. The van der Waals surface area contributed by atoms with Crippen LogP contribution in [-0.2, 0) is 0 Å². The normalized spacial score (nSPS) is 32.1. The van der Waals surface area contributed by atoms with Gasteiger partial charge in [-0.2, -0.15) is 11.8 Å². The molecule has 0 aromatic carbocycles. The lowest BCUT2D eigenvalue weighted by Crippen LogP contribution is -2.31. The van der Waals surface area contributed by atoms with E-state index in [1.165, 1.54) is 19.3 Å². The first-order valence-corrected chi connectivity index (χ1v) is 5.62. The summed E-state index contributed by atoms with van der Waals surface area (Å²) in [6.07, 6.45) is 6.68. The van der Waals surface area contributed by atoms with Gasteiger partial charge in [0.25, 0.3) is 0 Å². The van der Waals surface area contributed by atoms with Gasteiger partial charge in [-0.05, 0) is 19.1 Å². The maximum atomic E-state index is 6.08. The van der Waals surface area contributed by atoms with Gasteiger partial charge in [0, 0.05) is 5.25 Å². The number of alkyl halides is 2. The number of halogens is 2. The molecule has 1 rings (SSSR count). The van der Waals surface area contributed by atoms with E-state index in [2.05, 4.69) is 6.26 Å². The summed E-state index contributed by atoms with van der Waals surface area (Å²) >= 11 is 14.0. The van der Waals surface area contributed by atoms with Crippen LogP contribution in [0.4, 0.5) is 0 Å². The third-order valence-electron chi connectivity index (χ3n) is 1.98. The fourth-order valence-electron chi connectivity index (χ4n) is 1.35. The molecule has 1 aliphatic carbocycles. The van der Waals surface area contributed by atoms with E-state index >= 15 is 0 Å². The van der Waals surface area contributed by atoms with Crippen molar-refractivity contribution in [2.24, 2.45) is 0 Å². The third kappa shape index (κ3) is 1.96. The first-order chi connectivity index (χ1) is 4.67. The van der Waals surface area contributed by atoms with Crippen molar-refractivity contribution in [1.82, 2.24) is 0 Å². The Morgan fingerprint density at radius 1 is 1.40 bits per heavy atom. The minimum absolute atomic E-state index is 0.447. The Morgan fingerprint density at radius 2 is 2.10 bits per heavy atom. The first-order valence-electron chi connectivity index (χ1n) is 3.57. The molecule has 0 aromatic rings. The molecule has 0 heterocycles. The van der Waals surface area contributed by atoms with E-state index in [0.29, 0.717) is 5.25 Å². The number of thioether (sulfide) groups is 1. The van der Waals surface area contributed by atoms with Crippen LogP contribution in [-0.4, -0.2) is 15.8 Å². The first kappa shape index (κ1) is 9.02. The molecule has 1 aliphatic rings. The molecule has 3 heteroatoms. The average molecular weight is 199 g/mol. The summed E-state index contributed by atoms with van der Waals surface area (Å²) in [5, 5.41) is 0.449. The van der Waals surface area contributed by atoms with E-state index in [1.54, 1.807) is 11.8 Å². The Balaban J connectivity index is 2.51. The summed E-state index contributed by atoms with van der Waals surface area (Å²) in [6.45, 7) is 0. The quantitative estimate of drug-likeness (QED) is 0.582. The minimum Gasteiger partial charge on any atom is -0.159 e. The maximum absolute atomic E-state index is 6.08. The van der Waals surface area contributed by atoms with Crippen LogP contribution in [0.5, 0.6) is 0 Å². The van der Waals surface area contributed by atoms with E-state index in [4.69, 9.17) is 23.2 Å². The molecule has 0 spiro atoms. The Hall–Kier alpha value is 0.930. The molecular weight excluding hydrogens is 187 g/mol. The predicted octanol–water partition coefficient (Wildman–Crippen LogP) is 3.47. The highest BCUT2D eigenvalue weighted by molar-refractivity contribution is 7.99. The molecule has 10 heavy (non-hydrogen) atoms. The minimum atomic E-state index is -0.447. The molecule has 0 nitrogen and oxygen atoms in total. The Morgan fingerprint density at radius 3 is 2.50 bits per heavy atom. The van der Waals surface area contributed by atoms with E-state index in [0.717, 1.165) is 6.42 Å². The largest absolute Gasteiger partial charge is 0.159 e. The zero-order valence-corrected chi connectivity index (χ0v) is 8.40. The monoisotopic (exact) mass is 198 g/mol. The SMILES string of the molecule is CSC1CCCCC1(Cl)Cl. The van der Waals surface area contributed by atoms with Crippen molar-refractivity contribution in [2.75, 3.05) is 6.26 Å². The van der Waals surface area contributed by atoms with Gasteiger partial charge in [-0.25, -0.2) is 0 Å². The predicted molar refractivity (Wildman–Crippen MR) is 50.2 cm³/mol. The van der Waals surface area contributed by atoms with Gasteiger partial charge in [-0.1, -0.05) is 12.8 Å². The van der Waals surface area contributed by atoms with Crippen molar-refractivity contribution in [3.8, 4) is 0 Å². The van der Waals surface area contributed by atoms with Crippen LogP contribution >= 0.6 is 35.0 Å². The third-order valence-corrected chi connectivity index (χ3v) is 4.35. The number of rotatable bonds is 1. The smallest absolute Gasteiger partial charge is 0.130 e. The zero-order valence-electron chi connectivity index (χ0n) is 6.07. The molecule has 0 N–H and O–H groups in total. The molecule has 60 valence electrons. The van der Waals surface area contributed by atoms with Crippen LogP contribution in [0.15, 0.2) is 0 Å². The van der Waals surface area contributed by atoms with Gasteiger partial charge in [0.1, 0.15) is 4.33 Å². The molecule has 1 unspecified atom stereocenters. The molecular formula is C7H12Cl2S. The summed E-state index contributed by atoms with van der Waals surface area (Å²) < 4.78 is -0.447. The molecule has 0 aliphatic heterocycles. The van der Waals surface area contributed by atoms with Gasteiger partial charge in [0.15, 0.2) is 0 Å². The van der Waals surface area contributed by atoms with Crippen molar-refractivity contribution in [2.45, 2.75) is 35.3 Å². The summed E-state index contributed by atoms with van der Waals surface area (Å²) in [5.41, 5.74) is 0. The fraction of sp³-hybridized carbons (Fsp3) is 1.00. The van der Waals surface area contributed by atoms with Crippen molar-refractivity contribution >= 4 is 35.0 Å². The lowest BCUT2D eigenvalue weighted by Gasteiger charge is -2.32. The Bertz CT molecular complexity index is 114. The van der Waals surface area contributed by atoms with Crippen LogP contribution in [0.2, 0.25) is 0 Å². The lowest BCUT2D eigenvalue weighted by molar-refractivity contribution is 0.491. The molecule has 0 bridgehead atoms. The second-order valence-corrected chi connectivity index (χ2v) is 5.31. The van der Waals surface area contributed by atoms with Crippen LogP contribution < -0.4 is 0 Å². The molecule has 0 radical (unpaired) electrons. The van der Waals surface area contributed by atoms with Crippen LogP contribution in [0.3, 0.4) is 0 Å². The van der Waals surface area contributed by atoms with Gasteiger partial charge < -0.3 is 0 Å². The lowest BCUT2D eigenvalue weighted by atomic mass is 9.99. The molecule has 1 saturated carbocycles. The van der Waals surface area contributed by atoms with Crippen molar-refractivity contribution < 1.29 is 0 Å². The van der Waals surface area contributed by atoms with Gasteiger partial charge >= 0.3 is 0 Å². The average Bonchev–Trinajstić information content (AvgIpc) is 1.87. The topological polar surface area (TPSA) is 0 Å². The van der Waals surface area contributed by atoms with Crippen LogP contribution in [0.1, 0.15) is 25.7 Å². The highest BCUT2D eigenvalue weighted by atomic mass is 35.5. The van der Waals surface area contributed by atoms with Crippen molar-refractivity contribution in [1.29, 1.82) is 0 Å². The molecule has 1 fully saturated rings. The van der Waals surface area contributed by atoms with Crippen molar-refractivity contribution in [3.05, 3.63) is 0 Å². The van der Waals surface area contributed by atoms with E-state index in [-0.39, 0.29) is 0 Å². The summed E-state index contributed by atoms with van der Waals surface area (Å²) in [4.78, 5) is 0. The summed E-state index contributed by atoms with van der Waals surface area (Å²) in [5.74, 6) is 0. The highest BCUT2D eigenvalue weighted by Crippen LogP contribution is 2.43. The van der Waals surface area contributed by atoms with Gasteiger partial charge in [0.2, 0.25) is 0 Å². The van der Waals surface area contributed by atoms with Gasteiger partial charge in [-0.3, -0.25) is 0 Å². The van der Waals surface area contributed by atoms with Crippen LogP contribution in [0.25, 0.3) is 0 Å². The second kappa shape index (κ2) is 3.55. The molecule has 0 amide bonds. The van der Waals surface area contributed by atoms with E-state index in [1.807, 2.05) is 0 Å². The van der Waals surface area contributed by atoms with Gasteiger partial charge in [-0.15, -0.1) is 23.2 Å². The fourth-order valence-corrected chi connectivity index (χ4v) is 3.24. The number of hydrogen-bond acceptors (Lipinski definition) is 1. The molecule has 1 atom stereocenters. The van der Waals surface area contributed by atoms with E-state index < -0.39 is 4.33 Å². The zero-order chi connectivity index (χ0) is 7.61. The van der Waals surface area contributed by atoms with Gasteiger partial charge in [0.05, 0.1) is 0 Å². The second-order valence-electron chi connectivity index (χ2n) is 2.73. The number of hydrogen-bond donors (Lipinski definition) is 0. The molecule has 0 aromatic heterocycles. The Labute approximate surface area is 76.7 Å². The van der Waals surface area contributed by atoms with E-state index in [9.17, 15) is 0 Å². The van der Waals surface area contributed by atoms with Crippen molar-refractivity contribution in [3.63, 3.8) is 0 Å². The standard InChI is InChI=1S/C7H12Cl2S/c1-10-6-4-2-3-5-7(6,8)9/h6H,2-5H2,1H3. The maximum Gasteiger partial charge on any atom is 0.130 e. The summed E-state index contributed by atoms with van der Waals surface area (Å²) in [6, 6.07) is 0. The molecule has 0 saturated heterocycles. The summed E-state index contributed by atoms with van der Waals surface area (Å²) in [7, 11) is 0.